The third-order valence-corrected chi connectivity index (χ3v) is 4.42. The van der Waals surface area contributed by atoms with Crippen LogP contribution < -0.4 is 10.6 Å². The van der Waals surface area contributed by atoms with Gasteiger partial charge >= 0.3 is 0 Å². The van der Waals surface area contributed by atoms with Gasteiger partial charge in [-0.1, -0.05) is 34.1 Å². The van der Waals surface area contributed by atoms with Crippen LogP contribution in [-0.2, 0) is 0 Å². The Kier molecular flexibility index (Phi) is 5.09. The molecule has 5 nitrogen and oxygen atoms in total. The standard InChI is InChI=1S/C19H17BrN4O/c1-12-10-15(8-9-16(12)20)23-18-11-17(21-13(2)22-18)19(25)24-14-6-4-3-5-7-14/h3-11H,1-2H3,(H,24,25)(H,21,22,23). The zero-order valence-corrected chi connectivity index (χ0v) is 15.5. The number of hydrogen-bond acceptors (Lipinski definition) is 4. The smallest absolute Gasteiger partial charge is 0.274 e. The van der Waals surface area contributed by atoms with Crippen molar-refractivity contribution in [1.82, 2.24) is 9.97 Å². The maximum Gasteiger partial charge on any atom is 0.274 e. The maximum atomic E-state index is 12.4. The summed E-state index contributed by atoms with van der Waals surface area (Å²) >= 11 is 3.48. The molecule has 0 fully saturated rings. The Morgan fingerprint density at radius 3 is 2.44 bits per heavy atom. The summed E-state index contributed by atoms with van der Waals surface area (Å²) in [6.45, 7) is 3.77. The van der Waals surface area contributed by atoms with E-state index < -0.39 is 0 Å². The van der Waals surface area contributed by atoms with E-state index in [0.717, 1.165) is 21.4 Å². The van der Waals surface area contributed by atoms with Gasteiger partial charge in [0.1, 0.15) is 17.3 Å². The molecule has 2 aromatic carbocycles. The minimum absolute atomic E-state index is 0.272. The quantitative estimate of drug-likeness (QED) is 0.661. The van der Waals surface area contributed by atoms with E-state index in [1.54, 1.807) is 13.0 Å². The summed E-state index contributed by atoms with van der Waals surface area (Å²) in [6, 6.07) is 16.8. The first-order valence-corrected chi connectivity index (χ1v) is 8.56. The number of hydrogen-bond donors (Lipinski definition) is 2. The largest absolute Gasteiger partial charge is 0.340 e. The van der Waals surface area contributed by atoms with E-state index in [1.165, 1.54) is 0 Å². The molecule has 126 valence electrons. The number of carbonyl (C=O) groups excluding carboxylic acids is 1. The van der Waals surface area contributed by atoms with Crippen molar-refractivity contribution in [2.45, 2.75) is 13.8 Å². The summed E-state index contributed by atoms with van der Waals surface area (Å²) in [4.78, 5) is 21.0. The van der Waals surface area contributed by atoms with Crippen molar-refractivity contribution >= 4 is 39.0 Å². The number of anilines is 3. The summed E-state index contributed by atoms with van der Waals surface area (Å²) in [6.07, 6.45) is 0. The van der Waals surface area contributed by atoms with Gasteiger partial charge < -0.3 is 10.6 Å². The second-order valence-corrected chi connectivity index (χ2v) is 6.45. The fourth-order valence-electron chi connectivity index (χ4n) is 2.33. The lowest BCUT2D eigenvalue weighted by atomic mass is 10.2. The molecule has 0 aliphatic carbocycles. The Morgan fingerprint density at radius 2 is 1.72 bits per heavy atom. The second kappa shape index (κ2) is 7.44. The SMILES string of the molecule is Cc1nc(Nc2ccc(Br)c(C)c2)cc(C(=O)Nc2ccccc2)n1. The highest BCUT2D eigenvalue weighted by Gasteiger charge is 2.11. The normalized spacial score (nSPS) is 10.4. The van der Waals surface area contributed by atoms with Gasteiger partial charge in [-0.3, -0.25) is 4.79 Å². The van der Waals surface area contributed by atoms with E-state index >= 15 is 0 Å². The second-order valence-electron chi connectivity index (χ2n) is 5.59. The monoisotopic (exact) mass is 396 g/mol. The first kappa shape index (κ1) is 17.1. The molecule has 3 rings (SSSR count). The number of rotatable bonds is 4. The Balaban J connectivity index is 1.82. The van der Waals surface area contributed by atoms with Crippen molar-refractivity contribution in [2.24, 2.45) is 0 Å². The molecule has 1 aromatic heterocycles. The lowest BCUT2D eigenvalue weighted by molar-refractivity contribution is 0.102. The number of nitrogens with one attached hydrogen (secondary N) is 2. The van der Waals surface area contributed by atoms with E-state index in [1.807, 2.05) is 55.5 Å². The first-order valence-electron chi connectivity index (χ1n) is 7.76. The van der Waals surface area contributed by atoms with Crippen molar-refractivity contribution in [3.05, 3.63) is 76.2 Å². The van der Waals surface area contributed by atoms with Gasteiger partial charge in [0.2, 0.25) is 0 Å². The summed E-state index contributed by atoms with van der Waals surface area (Å²) in [5.74, 6) is 0.830. The molecule has 0 aliphatic rings. The molecule has 0 atom stereocenters. The van der Waals surface area contributed by atoms with Crippen LogP contribution in [0.1, 0.15) is 21.9 Å². The summed E-state index contributed by atoms with van der Waals surface area (Å²) in [5, 5.41) is 6.05. The highest BCUT2D eigenvalue weighted by atomic mass is 79.9. The molecule has 0 aliphatic heterocycles. The highest BCUT2D eigenvalue weighted by molar-refractivity contribution is 9.10. The van der Waals surface area contributed by atoms with Gasteiger partial charge in [-0.2, -0.15) is 0 Å². The van der Waals surface area contributed by atoms with Crippen LogP contribution in [0.3, 0.4) is 0 Å². The van der Waals surface area contributed by atoms with Gasteiger partial charge in [-0.15, -0.1) is 0 Å². The Labute approximate surface area is 154 Å². The van der Waals surface area contributed by atoms with E-state index in [9.17, 15) is 4.79 Å². The van der Waals surface area contributed by atoms with Gasteiger partial charge in [0.15, 0.2) is 0 Å². The van der Waals surface area contributed by atoms with Crippen LogP contribution in [-0.4, -0.2) is 15.9 Å². The van der Waals surface area contributed by atoms with Crippen molar-refractivity contribution in [1.29, 1.82) is 0 Å². The minimum Gasteiger partial charge on any atom is -0.340 e. The van der Waals surface area contributed by atoms with Crippen LogP contribution in [0.15, 0.2) is 59.1 Å². The van der Waals surface area contributed by atoms with Gasteiger partial charge in [-0.25, -0.2) is 9.97 Å². The zero-order valence-electron chi connectivity index (χ0n) is 13.9. The number of benzene rings is 2. The number of aromatic nitrogens is 2. The summed E-state index contributed by atoms with van der Waals surface area (Å²) < 4.78 is 1.04. The first-order chi connectivity index (χ1) is 12.0. The van der Waals surface area contributed by atoms with Crippen LogP contribution in [0.5, 0.6) is 0 Å². The molecule has 2 N–H and O–H groups in total. The van der Waals surface area contributed by atoms with Crippen LogP contribution in [0.25, 0.3) is 0 Å². The van der Waals surface area contributed by atoms with Gasteiger partial charge in [0.25, 0.3) is 5.91 Å². The molecular formula is C19H17BrN4O. The number of aryl methyl sites for hydroxylation is 2. The lowest BCUT2D eigenvalue weighted by Gasteiger charge is -2.10. The minimum atomic E-state index is -0.272. The van der Waals surface area contributed by atoms with E-state index in [4.69, 9.17) is 0 Å². The number of nitrogens with zero attached hydrogens (tertiary/aromatic N) is 2. The summed E-state index contributed by atoms with van der Waals surface area (Å²) in [5.41, 5.74) is 3.04. The molecule has 1 heterocycles. The molecule has 1 amide bonds. The number of amides is 1. The molecule has 0 saturated carbocycles. The third-order valence-electron chi connectivity index (χ3n) is 3.53. The Bertz CT molecular complexity index is 913. The number of carbonyl (C=O) groups is 1. The van der Waals surface area contributed by atoms with Crippen molar-refractivity contribution in [3.8, 4) is 0 Å². The molecule has 6 heteroatoms. The lowest BCUT2D eigenvalue weighted by Crippen LogP contribution is -2.15. The van der Waals surface area contributed by atoms with Gasteiger partial charge in [0, 0.05) is 21.9 Å². The molecular weight excluding hydrogens is 380 g/mol. The van der Waals surface area contributed by atoms with Crippen molar-refractivity contribution in [3.63, 3.8) is 0 Å². The van der Waals surface area contributed by atoms with E-state index in [2.05, 4.69) is 36.5 Å². The topological polar surface area (TPSA) is 66.9 Å². The number of para-hydroxylation sites is 1. The Morgan fingerprint density at radius 1 is 0.960 bits per heavy atom. The predicted molar refractivity (Wildman–Crippen MR) is 103 cm³/mol. The van der Waals surface area contributed by atoms with E-state index in [-0.39, 0.29) is 5.91 Å². The van der Waals surface area contributed by atoms with Gasteiger partial charge in [0.05, 0.1) is 0 Å². The van der Waals surface area contributed by atoms with Gasteiger partial charge in [-0.05, 0) is 49.7 Å². The third kappa shape index (κ3) is 4.42. The van der Waals surface area contributed by atoms with Crippen LogP contribution >= 0.6 is 15.9 Å². The molecule has 0 bridgehead atoms. The average molecular weight is 397 g/mol. The average Bonchev–Trinajstić information content (AvgIpc) is 2.58. The molecule has 0 radical (unpaired) electrons. The molecule has 3 aromatic rings. The van der Waals surface area contributed by atoms with Crippen LogP contribution in [0.4, 0.5) is 17.2 Å². The predicted octanol–water partition coefficient (Wildman–Crippen LogP) is 4.85. The molecule has 0 spiro atoms. The fraction of sp³-hybridized carbons (Fsp3) is 0.105. The van der Waals surface area contributed by atoms with Crippen molar-refractivity contribution < 1.29 is 4.79 Å². The fourth-order valence-corrected chi connectivity index (χ4v) is 2.58. The number of halogens is 1. The zero-order chi connectivity index (χ0) is 17.8. The molecule has 25 heavy (non-hydrogen) atoms. The van der Waals surface area contributed by atoms with Crippen LogP contribution in [0.2, 0.25) is 0 Å². The van der Waals surface area contributed by atoms with Crippen molar-refractivity contribution in [2.75, 3.05) is 10.6 Å². The van der Waals surface area contributed by atoms with Crippen LogP contribution in [0, 0.1) is 13.8 Å². The maximum absolute atomic E-state index is 12.4. The Hall–Kier alpha value is -2.73. The highest BCUT2D eigenvalue weighted by Crippen LogP contribution is 2.22. The summed E-state index contributed by atoms with van der Waals surface area (Å²) in [7, 11) is 0. The van der Waals surface area contributed by atoms with E-state index in [0.29, 0.717) is 17.3 Å². The molecule has 0 unspecified atom stereocenters. The molecule has 0 saturated heterocycles.